The van der Waals surface area contributed by atoms with Gasteiger partial charge in [0.2, 0.25) is 0 Å². The van der Waals surface area contributed by atoms with E-state index in [2.05, 4.69) is 9.82 Å². The smallest absolute Gasteiger partial charge is 0.265 e. The lowest BCUT2D eigenvalue weighted by atomic mass is 10.2. The molecule has 5 nitrogen and oxygen atoms in total. The van der Waals surface area contributed by atoms with Crippen molar-refractivity contribution in [2.75, 3.05) is 4.72 Å². The third-order valence-corrected chi connectivity index (χ3v) is 4.62. The number of benzene rings is 2. The lowest BCUT2D eigenvalue weighted by Gasteiger charge is -2.08. The van der Waals surface area contributed by atoms with E-state index in [0.717, 1.165) is 0 Å². The van der Waals surface area contributed by atoms with Crippen molar-refractivity contribution in [3.8, 4) is 11.3 Å². The Kier molecular flexibility index (Phi) is 3.87. The van der Waals surface area contributed by atoms with E-state index >= 15 is 0 Å². The van der Waals surface area contributed by atoms with Gasteiger partial charge in [-0.2, -0.15) is 5.10 Å². The topological polar surface area (TPSA) is 64.0 Å². The minimum atomic E-state index is -3.97. The summed E-state index contributed by atoms with van der Waals surface area (Å²) < 4.78 is 42.7. The Morgan fingerprint density at radius 2 is 1.70 bits per heavy atom. The lowest BCUT2D eigenvalue weighted by Crippen LogP contribution is -2.14. The average Bonchev–Trinajstić information content (AvgIpc) is 2.93. The summed E-state index contributed by atoms with van der Waals surface area (Å²) in [6.45, 7) is 0. The van der Waals surface area contributed by atoms with E-state index in [1.54, 1.807) is 37.4 Å². The summed E-state index contributed by atoms with van der Waals surface area (Å²) in [4.78, 5) is -0.00514. The normalized spacial score (nSPS) is 11.4. The number of hydrogen-bond acceptors (Lipinski definition) is 3. The van der Waals surface area contributed by atoms with Crippen LogP contribution in [0.25, 0.3) is 11.3 Å². The van der Waals surface area contributed by atoms with Gasteiger partial charge < -0.3 is 0 Å². The summed E-state index contributed by atoms with van der Waals surface area (Å²) in [7, 11) is -2.33. The second-order valence-corrected chi connectivity index (χ2v) is 6.62. The van der Waals surface area contributed by atoms with Crippen molar-refractivity contribution in [2.24, 2.45) is 7.05 Å². The van der Waals surface area contributed by atoms with Gasteiger partial charge in [0.15, 0.2) is 0 Å². The van der Waals surface area contributed by atoms with Crippen LogP contribution in [0.3, 0.4) is 0 Å². The van der Waals surface area contributed by atoms with Crippen LogP contribution in [0.5, 0.6) is 0 Å². The first-order chi connectivity index (χ1) is 11.0. The Labute approximate surface area is 133 Å². The summed E-state index contributed by atoms with van der Waals surface area (Å²) in [5.41, 5.74) is 0.884. The molecule has 1 heterocycles. The van der Waals surface area contributed by atoms with Crippen LogP contribution in [0.4, 0.5) is 10.1 Å². The fraction of sp³-hybridized carbons (Fsp3) is 0.0625. The number of rotatable bonds is 4. The minimum absolute atomic E-state index is 0.00514. The molecule has 1 aromatic heterocycles. The van der Waals surface area contributed by atoms with Crippen molar-refractivity contribution >= 4 is 15.7 Å². The van der Waals surface area contributed by atoms with E-state index in [0.29, 0.717) is 11.3 Å². The number of para-hydroxylation sites is 1. The summed E-state index contributed by atoms with van der Waals surface area (Å²) in [5, 5.41) is 4.21. The van der Waals surface area contributed by atoms with Gasteiger partial charge in [0, 0.05) is 18.8 Å². The number of hydrogen-bond donors (Lipinski definition) is 1. The zero-order chi connectivity index (χ0) is 16.4. The van der Waals surface area contributed by atoms with Gasteiger partial charge in [-0.3, -0.25) is 9.40 Å². The molecule has 0 saturated heterocycles. The molecule has 0 spiro atoms. The zero-order valence-electron chi connectivity index (χ0n) is 12.3. The van der Waals surface area contributed by atoms with Gasteiger partial charge >= 0.3 is 0 Å². The van der Waals surface area contributed by atoms with Gasteiger partial charge in [0.1, 0.15) is 16.4 Å². The van der Waals surface area contributed by atoms with E-state index in [1.807, 2.05) is 6.07 Å². The number of sulfonamides is 1. The molecule has 2 aromatic carbocycles. The van der Waals surface area contributed by atoms with Crippen molar-refractivity contribution in [3.63, 3.8) is 0 Å². The molecular formula is C16H14FN3O2S. The van der Waals surface area contributed by atoms with Crippen molar-refractivity contribution in [3.05, 3.63) is 66.6 Å². The second-order valence-electron chi connectivity index (χ2n) is 4.97. The molecule has 0 aliphatic heterocycles. The van der Waals surface area contributed by atoms with E-state index in [4.69, 9.17) is 0 Å². The first-order valence-corrected chi connectivity index (χ1v) is 8.32. The standard InChI is InChI=1S/C16H14FN3O2S/c1-20-11-15(16(18-20)12-7-3-2-4-8-12)23(21,22)19-14-10-6-5-9-13(14)17/h2-11,19H,1H3. The van der Waals surface area contributed by atoms with Gasteiger partial charge in [0.05, 0.1) is 5.69 Å². The van der Waals surface area contributed by atoms with Crippen LogP contribution >= 0.6 is 0 Å². The molecule has 7 heteroatoms. The minimum Gasteiger partial charge on any atom is -0.277 e. The molecule has 0 saturated carbocycles. The molecule has 0 aliphatic rings. The highest BCUT2D eigenvalue weighted by Crippen LogP contribution is 2.27. The molecule has 0 aliphatic carbocycles. The SMILES string of the molecule is Cn1cc(S(=O)(=O)Nc2ccccc2F)c(-c2ccccc2)n1. The fourth-order valence-electron chi connectivity index (χ4n) is 2.20. The fourth-order valence-corrected chi connectivity index (χ4v) is 3.47. The maximum atomic E-state index is 13.7. The van der Waals surface area contributed by atoms with E-state index in [-0.39, 0.29) is 10.6 Å². The Morgan fingerprint density at radius 1 is 1.04 bits per heavy atom. The van der Waals surface area contributed by atoms with Crippen LogP contribution in [-0.4, -0.2) is 18.2 Å². The number of aryl methyl sites for hydroxylation is 1. The first-order valence-electron chi connectivity index (χ1n) is 6.84. The Morgan fingerprint density at radius 3 is 2.39 bits per heavy atom. The quantitative estimate of drug-likeness (QED) is 0.799. The number of nitrogens with zero attached hydrogens (tertiary/aromatic N) is 2. The molecule has 0 atom stereocenters. The molecule has 0 unspecified atom stereocenters. The molecule has 3 aromatic rings. The molecule has 3 rings (SSSR count). The maximum Gasteiger partial charge on any atom is 0.265 e. The van der Waals surface area contributed by atoms with Gasteiger partial charge in [-0.05, 0) is 12.1 Å². The summed E-state index contributed by atoms with van der Waals surface area (Å²) >= 11 is 0. The van der Waals surface area contributed by atoms with Crippen molar-refractivity contribution in [2.45, 2.75) is 4.90 Å². The third-order valence-electron chi connectivity index (χ3n) is 3.25. The van der Waals surface area contributed by atoms with Crippen molar-refractivity contribution in [1.82, 2.24) is 9.78 Å². The largest absolute Gasteiger partial charge is 0.277 e. The van der Waals surface area contributed by atoms with Gasteiger partial charge in [-0.25, -0.2) is 12.8 Å². The predicted molar refractivity (Wildman–Crippen MR) is 85.9 cm³/mol. The molecule has 0 amide bonds. The second kappa shape index (κ2) is 5.85. The summed E-state index contributed by atoms with van der Waals surface area (Å²) in [6, 6.07) is 14.6. The van der Waals surface area contributed by atoms with Gasteiger partial charge in [-0.15, -0.1) is 0 Å². The van der Waals surface area contributed by atoms with E-state index in [9.17, 15) is 12.8 Å². The maximum absolute atomic E-state index is 13.7. The van der Waals surface area contributed by atoms with Crippen LogP contribution in [0, 0.1) is 5.82 Å². The van der Waals surface area contributed by atoms with E-state index < -0.39 is 15.8 Å². The Bertz CT molecular complexity index is 937. The van der Waals surface area contributed by atoms with Crippen LogP contribution in [-0.2, 0) is 17.1 Å². The highest BCUT2D eigenvalue weighted by molar-refractivity contribution is 7.92. The molecule has 0 fully saturated rings. The van der Waals surface area contributed by atoms with Crippen LogP contribution < -0.4 is 4.72 Å². The predicted octanol–water partition coefficient (Wildman–Crippen LogP) is 3.03. The van der Waals surface area contributed by atoms with Crippen LogP contribution in [0.1, 0.15) is 0 Å². The molecule has 118 valence electrons. The zero-order valence-corrected chi connectivity index (χ0v) is 13.1. The Balaban J connectivity index is 2.06. The molecule has 0 radical (unpaired) electrons. The lowest BCUT2D eigenvalue weighted by molar-refractivity contribution is 0.598. The van der Waals surface area contributed by atoms with Crippen LogP contribution in [0.15, 0.2) is 65.7 Å². The highest BCUT2D eigenvalue weighted by Gasteiger charge is 2.24. The number of anilines is 1. The first kappa shape index (κ1) is 15.2. The summed E-state index contributed by atoms with van der Waals surface area (Å²) in [5.74, 6) is -0.638. The number of halogens is 1. The number of aromatic nitrogens is 2. The monoisotopic (exact) mass is 331 g/mol. The molecule has 0 bridgehead atoms. The summed E-state index contributed by atoms with van der Waals surface area (Å²) in [6.07, 6.45) is 1.39. The third kappa shape index (κ3) is 3.09. The van der Waals surface area contributed by atoms with Crippen molar-refractivity contribution < 1.29 is 12.8 Å². The molecule has 23 heavy (non-hydrogen) atoms. The van der Waals surface area contributed by atoms with Crippen molar-refractivity contribution in [1.29, 1.82) is 0 Å². The van der Waals surface area contributed by atoms with Gasteiger partial charge in [0.25, 0.3) is 10.0 Å². The Hall–Kier alpha value is -2.67. The molecular weight excluding hydrogens is 317 g/mol. The number of nitrogens with one attached hydrogen (secondary N) is 1. The molecule has 1 N–H and O–H groups in total. The highest BCUT2D eigenvalue weighted by atomic mass is 32.2. The van der Waals surface area contributed by atoms with Crippen LogP contribution in [0.2, 0.25) is 0 Å². The average molecular weight is 331 g/mol. The van der Waals surface area contributed by atoms with E-state index in [1.165, 1.54) is 29.1 Å². The van der Waals surface area contributed by atoms with Gasteiger partial charge in [-0.1, -0.05) is 42.5 Å².